The molecule has 8 nitrogen and oxygen atoms in total. The molecule has 1 atom stereocenters. The molecule has 3 N–H and O–H groups in total. The molecular formula is C26H31F6N3O5. The second kappa shape index (κ2) is 12.9. The number of hydrogen-bond donors (Lipinski definition) is 3. The number of carboxylic acid groups (broad SMARTS) is 1. The molecule has 4 rings (SSSR count). The number of carbonyl (C=O) groups excluding carboxylic acids is 2. The molecule has 2 amide bonds. The summed E-state index contributed by atoms with van der Waals surface area (Å²) in [6.07, 6.45) is -1.59. The van der Waals surface area contributed by atoms with Crippen LogP contribution >= 0.6 is 0 Å². The number of fused-ring (bicyclic) bond motifs is 3. The molecule has 1 aromatic rings. The van der Waals surface area contributed by atoms with Crippen molar-refractivity contribution in [3.63, 3.8) is 0 Å². The maximum atomic E-state index is 13.3. The van der Waals surface area contributed by atoms with Crippen molar-refractivity contribution in [1.29, 1.82) is 0 Å². The van der Waals surface area contributed by atoms with Crippen molar-refractivity contribution in [3.05, 3.63) is 41.5 Å². The molecule has 3 aliphatic heterocycles. The van der Waals surface area contributed by atoms with E-state index in [0.29, 0.717) is 19.4 Å². The van der Waals surface area contributed by atoms with Crippen LogP contribution in [0, 0.1) is 5.41 Å². The number of hydrogen-bond acceptors (Lipinski definition) is 5. The quantitative estimate of drug-likeness (QED) is 0.315. The number of carbonyl (C=O) groups is 3. The van der Waals surface area contributed by atoms with Crippen molar-refractivity contribution in [2.24, 2.45) is 5.41 Å². The number of aliphatic carboxylic acids is 1. The fraction of sp³-hybridized carbons (Fsp3) is 0.577. The minimum absolute atomic E-state index is 0.0163. The summed E-state index contributed by atoms with van der Waals surface area (Å²) in [6.45, 7) is 2.40. The Morgan fingerprint density at radius 2 is 1.73 bits per heavy atom. The van der Waals surface area contributed by atoms with Crippen LogP contribution in [0.5, 0.6) is 5.75 Å². The van der Waals surface area contributed by atoms with Crippen LogP contribution in [0.3, 0.4) is 0 Å². The SMILES string of the molecule is O=C(O)C(F)(F)F.O=C1c2cc(C(F)(F)F)ccc2OCC=CCCC2(CCNCC2)C(=O)N[C@@H]2CCCN1C2. The maximum Gasteiger partial charge on any atom is 0.490 e. The molecule has 2 fully saturated rings. The van der Waals surface area contributed by atoms with Crippen LogP contribution in [-0.2, 0) is 15.8 Å². The Bertz CT molecular complexity index is 1100. The lowest BCUT2D eigenvalue weighted by Crippen LogP contribution is -2.55. The number of halogens is 6. The Kier molecular flexibility index (Phi) is 10.1. The van der Waals surface area contributed by atoms with Gasteiger partial charge < -0.3 is 25.4 Å². The molecule has 14 heteroatoms. The van der Waals surface area contributed by atoms with E-state index in [2.05, 4.69) is 10.6 Å². The molecule has 40 heavy (non-hydrogen) atoms. The van der Waals surface area contributed by atoms with Gasteiger partial charge >= 0.3 is 18.3 Å². The minimum atomic E-state index is -5.08. The first-order chi connectivity index (χ1) is 18.7. The summed E-state index contributed by atoms with van der Waals surface area (Å²) in [5, 5.41) is 13.6. The Morgan fingerprint density at radius 1 is 1.05 bits per heavy atom. The third-order valence-corrected chi connectivity index (χ3v) is 7.16. The largest absolute Gasteiger partial charge is 0.490 e. The third-order valence-electron chi connectivity index (χ3n) is 7.16. The topological polar surface area (TPSA) is 108 Å². The Morgan fingerprint density at radius 3 is 2.35 bits per heavy atom. The van der Waals surface area contributed by atoms with Gasteiger partial charge in [-0.1, -0.05) is 12.2 Å². The molecule has 3 heterocycles. The summed E-state index contributed by atoms with van der Waals surface area (Å²) in [5.74, 6) is -3.12. The van der Waals surface area contributed by atoms with Crippen LogP contribution in [-0.4, -0.2) is 72.8 Å². The molecule has 0 aliphatic carbocycles. The first kappa shape index (κ1) is 31.2. The molecule has 0 unspecified atom stereocenters. The first-order valence-electron chi connectivity index (χ1n) is 12.8. The van der Waals surface area contributed by atoms with Gasteiger partial charge in [0, 0.05) is 19.1 Å². The lowest BCUT2D eigenvalue weighted by Gasteiger charge is -2.39. The lowest BCUT2D eigenvalue weighted by atomic mass is 9.74. The van der Waals surface area contributed by atoms with Gasteiger partial charge in [0.05, 0.1) is 16.5 Å². The molecule has 0 aromatic heterocycles. The Balaban J connectivity index is 0.000000559. The number of ether oxygens (including phenoxy) is 1. The van der Waals surface area contributed by atoms with Crippen LogP contribution in [0.25, 0.3) is 0 Å². The number of carboxylic acids is 1. The van der Waals surface area contributed by atoms with Gasteiger partial charge in [0.2, 0.25) is 5.91 Å². The van der Waals surface area contributed by atoms with Crippen LogP contribution < -0.4 is 15.4 Å². The minimum Gasteiger partial charge on any atom is -0.489 e. The van der Waals surface area contributed by atoms with Gasteiger partial charge in [-0.05, 0) is 69.8 Å². The van der Waals surface area contributed by atoms with Crippen molar-refractivity contribution in [1.82, 2.24) is 15.5 Å². The zero-order valence-electron chi connectivity index (χ0n) is 21.5. The van der Waals surface area contributed by atoms with E-state index in [9.17, 15) is 35.9 Å². The highest BCUT2D eigenvalue weighted by atomic mass is 19.4. The summed E-state index contributed by atoms with van der Waals surface area (Å²) in [6, 6.07) is 2.79. The zero-order valence-corrected chi connectivity index (χ0v) is 21.5. The van der Waals surface area contributed by atoms with Crippen molar-refractivity contribution >= 4 is 17.8 Å². The van der Waals surface area contributed by atoms with Crippen LogP contribution in [0.4, 0.5) is 26.3 Å². The normalized spacial score (nSPS) is 22.1. The molecule has 2 saturated heterocycles. The second-order valence-electron chi connectivity index (χ2n) is 9.93. The number of benzene rings is 1. The van der Waals surface area contributed by atoms with E-state index in [0.717, 1.165) is 50.9 Å². The summed E-state index contributed by atoms with van der Waals surface area (Å²) in [5.41, 5.74) is -1.44. The Labute approximate surface area is 226 Å². The number of allylic oxidation sites excluding steroid dienone is 1. The van der Waals surface area contributed by atoms with Crippen molar-refractivity contribution in [2.45, 2.75) is 56.9 Å². The van der Waals surface area contributed by atoms with Gasteiger partial charge in [0.15, 0.2) is 0 Å². The molecule has 222 valence electrons. The predicted molar refractivity (Wildman–Crippen MR) is 131 cm³/mol. The predicted octanol–water partition coefficient (Wildman–Crippen LogP) is 4.16. The van der Waals surface area contributed by atoms with Gasteiger partial charge in [-0.3, -0.25) is 9.59 Å². The van der Waals surface area contributed by atoms with Crippen LogP contribution in [0.15, 0.2) is 30.4 Å². The smallest absolute Gasteiger partial charge is 0.489 e. The van der Waals surface area contributed by atoms with Gasteiger partial charge in [0.25, 0.3) is 5.91 Å². The fourth-order valence-electron chi connectivity index (χ4n) is 4.97. The van der Waals surface area contributed by atoms with E-state index in [4.69, 9.17) is 14.6 Å². The van der Waals surface area contributed by atoms with E-state index in [-0.39, 0.29) is 36.4 Å². The molecule has 1 spiro atoms. The van der Waals surface area contributed by atoms with E-state index in [1.165, 1.54) is 11.0 Å². The van der Waals surface area contributed by atoms with Crippen LogP contribution in [0.2, 0.25) is 0 Å². The maximum absolute atomic E-state index is 13.3. The van der Waals surface area contributed by atoms with Crippen molar-refractivity contribution < 1.29 is 50.6 Å². The number of rotatable bonds is 0. The molecule has 2 bridgehead atoms. The molecule has 0 radical (unpaired) electrons. The first-order valence-corrected chi connectivity index (χ1v) is 12.8. The zero-order chi connectivity index (χ0) is 29.6. The van der Waals surface area contributed by atoms with Crippen LogP contribution in [0.1, 0.15) is 54.4 Å². The second-order valence-corrected chi connectivity index (χ2v) is 9.93. The molecule has 0 saturated carbocycles. The average Bonchev–Trinajstić information content (AvgIpc) is 2.90. The summed E-state index contributed by atoms with van der Waals surface area (Å²) in [4.78, 5) is 37.1. The number of nitrogens with one attached hydrogen (secondary N) is 2. The summed E-state index contributed by atoms with van der Waals surface area (Å²) < 4.78 is 77.4. The molecule has 1 aromatic carbocycles. The van der Waals surface area contributed by atoms with Gasteiger partial charge in [-0.25, -0.2) is 4.79 Å². The standard InChI is InChI=1S/C24H30F3N3O3.C2HF3O2/c25-24(26,27)17-6-7-20-19(15-17)21(31)30-13-4-5-18(16-30)29-22(32)23(9-11-28-12-10-23)8-2-1-3-14-33-20;3-2(4,5)1(6)7/h1,3,6-7,15,18,28H,2,4-5,8-14,16H2,(H,29,32);(H,6,7)/t18-;/m1./s1. The average molecular weight is 580 g/mol. The highest BCUT2D eigenvalue weighted by Gasteiger charge is 2.41. The van der Waals surface area contributed by atoms with E-state index in [1.807, 2.05) is 6.08 Å². The number of nitrogens with zero attached hydrogens (tertiary/aromatic N) is 1. The van der Waals surface area contributed by atoms with E-state index >= 15 is 0 Å². The van der Waals surface area contributed by atoms with Gasteiger partial charge in [-0.15, -0.1) is 0 Å². The lowest BCUT2D eigenvalue weighted by molar-refractivity contribution is -0.192. The van der Waals surface area contributed by atoms with Crippen molar-refractivity contribution in [2.75, 3.05) is 32.8 Å². The number of piperidine rings is 2. The third kappa shape index (κ3) is 8.12. The van der Waals surface area contributed by atoms with Gasteiger partial charge in [-0.2, -0.15) is 26.3 Å². The Hall–Kier alpha value is -3.29. The fourth-order valence-corrected chi connectivity index (χ4v) is 4.97. The van der Waals surface area contributed by atoms with Gasteiger partial charge in [0.1, 0.15) is 12.4 Å². The van der Waals surface area contributed by atoms with E-state index in [1.54, 1.807) is 6.08 Å². The van der Waals surface area contributed by atoms with Crippen molar-refractivity contribution in [3.8, 4) is 5.75 Å². The monoisotopic (exact) mass is 579 g/mol. The summed E-state index contributed by atoms with van der Waals surface area (Å²) in [7, 11) is 0. The number of amides is 2. The highest BCUT2D eigenvalue weighted by molar-refractivity contribution is 5.97. The summed E-state index contributed by atoms with van der Waals surface area (Å²) >= 11 is 0. The molecular weight excluding hydrogens is 548 g/mol. The highest BCUT2D eigenvalue weighted by Crippen LogP contribution is 2.36. The van der Waals surface area contributed by atoms with E-state index < -0.39 is 35.2 Å². The number of alkyl halides is 6. The molecule has 3 aliphatic rings.